The van der Waals surface area contributed by atoms with Crippen LogP contribution in [0, 0.1) is 0 Å². The Morgan fingerprint density at radius 1 is 0.162 bits per heavy atom. The molecule has 6 heterocycles. The Bertz CT molecular complexity index is 9180. The Labute approximate surface area is 747 Å². The van der Waals surface area contributed by atoms with Crippen LogP contribution in [0.25, 0.3) is 186 Å². The van der Waals surface area contributed by atoms with E-state index in [0.29, 0.717) is 0 Å². The van der Waals surface area contributed by atoms with Gasteiger partial charge >= 0.3 is 0 Å². The molecule has 130 heavy (non-hydrogen) atoms. The fraction of sp³-hybridized carbons (Fsp3) is 0.0667. The summed E-state index contributed by atoms with van der Waals surface area (Å²) >= 11 is 0. The quantitative estimate of drug-likeness (QED) is 0.111. The standard InChI is InChI=1S/C120H82N4O6/c1-119(2,3)101-38-20-33-92-94-36-23-41-104(116(94)129-113(92)101)122(82-27-12-8-13-28-82)86-54-48-73-62-96-98-63-74-49-55-87(59-78(74)69-111(98)125-110(96)68-77(73)58-86)123(105-42-24-37-95-93-34-21-39-102(120(4,5)6)114(93)130-117(95)105)84-51-45-71(46-52-84)80-65-100-90-32-17-19-44-108(90)128-118(100)106(66-80)124(83-29-14-9-15-30-83)88-56-50-75-64-99-97-61-72-47-53-85(57-76(72)67-109(97)126-112(99)70-79(75)60-88)121(81-25-10-7-11-26-81)103-40-22-35-91-89-31-16-18-43-107(89)127-115(91)103/h7-70H,1-6H3. The number of anilines is 12. The van der Waals surface area contributed by atoms with E-state index in [1.54, 1.807) is 0 Å². The van der Waals surface area contributed by atoms with Gasteiger partial charge in [-0.2, -0.15) is 0 Å². The monoisotopic (exact) mass is 1670 g/mol. The fourth-order valence-electron chi connectivity index (χ4n) is 20.5. The molecule has 6 aromatic heterocycles. The summed E-state index contributed by atoms with van der Waals surface area (Å²) in [4.78, 5) is 9.30. The van der Waals surface area contributed by atoms with Crippen molar-refractivity contribution in [3.8, 4) is 11.1 Å². The van der Waals surface area contributed by atoms with Crippen LogP contribution in [-0.2, 0) is 10.8 Å². The minimum absolute atomic E-state index is 0.112. The highest BCUT2D eigenvalue weighted by Gasteiger charge is 2.31. The lowest BCUT2D eigenvalue weighted by Gasteiger charge is -2.27. The molecular weight excluding hydrogens is 1590 g/mol. The smallest absolute Gasteiger partial charge is 0.159 e. The first-order valence-electron chi connectivity index (χ1n) is 44.5. The number of furan rings is 6. The number of benzene rings is 20. The molecule has 0 amide bonds. The average molecular weight is 1680 g/mol. The molecule has 20 aromatic carbocycles. The van der Waals surface area contributed by atoms with Gasteiger partial charge in [0.25, 0.3) is 0 Å². The summed E-state index contributed by atoms with van der Waals surface area (Å²) in [5.41, 5.74) is 25.8. The summed E-state index contributed by atoms with van der Waals surface area (Å²) in [6, 6.07) is 139. The molecule has 0 N–H and O–H groups in total. The van der Waals surface area contributed by atoms with Gasteiger partial charge in [-0.3, -0.25) is 0 Å². The lowest BCUT2D eigenvalue weighted by atomic mass is 9.86. The largest absolute Gasteiger partial charge is 0.456 e. The summed E-state index contributed by atoms with van der Waals surface area (Å²) in [6.45, 7) is 13.5. The van der Waals surface area contributed by atoms with Crippen molar-refractivity contribution in [3.05, 3.63) is 399 Å². The van der Waals surface area contributed by atoms with Gasteiger partial charge in [-0.15, -0.1) is 0 Å². The van der Waals surface area contributed by atoms with Crippen molar-refractivity contribution in [3.63, 3.8) is 0 Å². The second-order valence-corrected chi connectivity index (χ2v) is 36.7. The van der Waals surface area contributed by atoms with Crippen molar-refractivity contribution in [1.82, 2.24) is 0 Å². The van der Waals surface area contributed by atoms with Crippen molar-refractivity contribution in [2.45, 2.75) is 52.4 Å². The second-order valence-electron chi connectivity index (χ2n) is 36.7. The number of hydrogen-bond donors (Lipinski definition) is 0. The zero-order valence-corrected chi connectivity index (χ0v) is 72.2. The molecular formula is C120H82N4O6. The molecule has 0 spiro atoms. The zero-order valence-electron chi connectivity index (χ0n) is 72.2. The van der Waals surface area contributed by atoms with Gasteiger partial charge in [0.2, 0.25) is 0 Å². The first-order valence-corrected chi connectivity index (χ1v) is 44.5. The molecule has 0 aliphatic rings. The zero-order chi connectivity index (χ0) is 86.5. The number of para-hydroxylation sites is 10. The highest BCUT2D eigenvalue weighted by atomic mass is 16.4. The van der Waals surface area contributed by atoms with Gasteiger partial charge in [0.05, 0.1) is 22.7 Å². The van der Waals surface area contributed by atoms with E-state index in [1.165, 1.54) is 5.56 Å². The van der Waals surface area contributed by atoms with Crippen LogP contribution < -0.4 is 19.6 Å². The molecule has 0 saturated carbocycles. The Morgan fingerprint density at radius 2 is 0.454 bits per heavy atom. The molecule has 0 unspecified atom stereocenters. The van der Waals surface area contributed by atoms with E-state index < -0.39 is 0 Å². The van der Waals surface area contributed by atoms with Crippen LogP contribution in [0.1, 0.15) is 52.7 Å². The van der Waals surface area contributed by atoms with E-state index in [1.807, 2.05) is 18.2 Å². The van der Waals surface area contributed by atoms with Crippen LogP contribution in [0.4, 0.5) is 68.2 Å². The highest BCUT2D eigenvalue weighted by Crippen LogP contribution is 2.53. The fourth-order valence-corrected chi connectivity index (χ4v) is 20.5. The predicted molar refractivity (Wildman–Crippen MR) is 542 cm³/mol. The topological polar surface area (TPSA) is 91.8 Å². The maximum atomic E-state index is 7.28. The van der Waals surface area contributed by atoms with Gasteiger partial charge in [0, 0.05) is 121 Å². The summed E-state index contributed by atoms with van der Waals surface area (Å²) in [7, 11) is 0. The van der Waals surface area contributed by atoms with Crippen molar-refractivity contribution in [2.24, 2.45) is 0 Å². The van der Waals surface area contributed by atoms with E-state index in [0.717, 1.165) is 260 Å². The number of rotatable bonds is 13. The van der Waals surface area contributed by atoms with Gasteiger partial charge in [-0.05, 0) is 253 Å². The Hall–Kier alpha value is -16.6. The van der Waals surface area contributed by atoms with Crippen LogP contribution in [0.3, 0.4) is 0 Å². The molecule has 0 radical (unpaired) electrons. The number of hydrogen-bond acceptors (Lipinski definition) is 10. The Kier molecular flexibility index (Phi) is 16.4. The normalized spacial score (nSPS) is 12.4. The van der Waals surface area contributed by atoms with Crippen LogP contribution in [0.5, 0.6) is 0 Å². The molecule has 618 valence electrons. The third-order valence-corrected chi connectivity index (χ3v) is 26.7. The van der Waals surface area contributed by atoms with Gasteiger partial charge in [-0.1, -0.05) is 242 Å². The van der Waals surface area contributed by atoms with E-state index in [9.17, 15) is 0 Å². The van der Waals surface area contributed by atoms with E-state index in [2.05, 4.69) is 431 Å². The molecule has 0 saturated heterocycles. The summed E-state index contributed by atoms with van der Waals surface area (Å²) in [5, 5.41) is 21.4. The first-order chi connectivity index (χ1) is 63.6. The molecule has 0 aliphatic heterocycles. The molecule has 0 aliphatic carbocycles. The third kappa shape index (κ3) is 11.9. The molecule has 26 aromatic rings. The van der Waals surface area contributed by atoms with E-state index in [4.69, 9.17) is 26.5 Å². The van der Waals surface area contributed by atoms with Crippen molar-refractivity contribution < 1.29 is 26.5 Å². The molecule has 0 atom stereocenters. The maximum Gasteiger partial charge on any atom is 0.159 e. The predicted octanol–water partition coefficient (Wildman–Crippen LogP) is 35.8. The van der Waals surface area contributed by atoms with Crippen LogP contribution in [0.15, 0.2) is 415 Å². The number of nitrogens with zero attached hydrogens (tertiary/aromatic N) is 4. The maximum absolute atomic E-state index is 7.28. The molecule has 0 bridgehead atoms. The third-order valence-electron chi connectivity index (χ3n) is 26.7. The molecule has 26 rings (SSSR count). The lowest BCUT2D eigenvalue weighted by Crippen LogP contribution is -2.11. The highest BCUT2D eigenvalue weighted by molar-refractivity contribution is 6.20. The molecule has 10 heteroatoms. The van der Waals surface area contributed by atoms with Crippen LogP contribution in [0.2, 0.25) is 0 Å². The van der Waals surface area contributed by atoms with Crippen molar-refractivity contribution >= 4 is 243 Å². The molecule has 10 nitrogen and oxygen atoms in total. The number of fused-ring (bicyclic) bond motifs is 22. The summed E-state index contributed by atoms with van der Waals surface area (Å²) < 4.78 is 42.1. The van der Waals surface area contributed by atoms with Gasteiger partial charge < -0.3 is 46.1 Å². The van der Waals surface area contributed by atoms with Crippen molar-refractivity contribution in [1.29, 1.82) is 0 Å². The van der Waals surface area contributed by atoms with Gasteiger partial charge in [0.15, 0.2) is 22.3 Å². The van der Waals surface area contributed by atoms with Crippen molar-refractivity contribution in [2.75, 3.05) is 19.6 Å². The lowest BCUT2D eigenvalue weighted by molar-refractivity contribution is 0.572. The summed E-state index contributed by atoms with van der Waals surface area (Å²) in [5.74, 6) is 0. The van der Waals surface area contributed by atoms with E-state index >= 15 is 0 Å². The Balaban J connectivity index is 0.576. The second kappa shape index (κ2) is 28.5. The summed E-state index contributed by atoms with van der Waals surface area (Å²) in [6.07, 6.45) is 0. The van der Waals surface area contributed by atoms with Gasteiger partial charge in [-0.25, -0.2) is 0 Å². The minimum atomic E-state index is -0.177. The SMILES string of the molecule is CC(C)(C)c1cccc2c1oc1c(N(c3ccccc3)c3ccc4cc5c(cc4c3)oc3cc4cc(N(c6ccc(-c7cc(N(c8ccccc8)c8ccc9cc%10c(cc9c8)oc8cc9cc(N(c%11ccccc%11)c%11cccc%12c%11oc%11ccccc%11%12)ccc9cc8%10)c8oc9ccccc9c8c7)cc6)c6cccc7c6oc6c(C(C)(C)C)cccc67)ccc4cc35)cccc12. The first kappa shape index (κ1) is 74.8. The van der Waals surface area contributed by atoms with Gasteiger partial charge in [0.1, 0.15) is 44.7 Å². The average Bonchev–Trinajstić information content (AvgIpc) is 1.66. The van der Waals surface area contributed by atoms with Crippen LogP contribution in [-0.4, -0.2) is 0 Å². The van der Waals surface area contributed by atoms with E-state index in [-0.39, 0.29) is 10.8 Å². The minimum Gasteiger partial charge on any atom is -0.456 e. The Morgan fingerprint density at radius 3 is 0.831 bits per heavy atom. The van der Waals surface area contributed by atoms with Crippen LogP contribution >= 0.6 is 0 Å². The molecule has 0 fully saturated rings.